The molecule has 1 amide bonds. The van der Waals surface area contributed by atoms with Gasteiger partial charge in [0.25, 0.3) is 15.9 Å². The Balaban J connectivity index is 1.84. The van der Waals surface area contributed by atoms with E-state index in [0.29, 0.717) is 28.3 Å². The van der Waals surface area contributed by atoms with Crippen molar-refractivity contribution in [3.05, 3.63) is 82.9 Å². The van der Waals surface area contributed by atoms with Crippen molar-refractivity contribution < 1.29 is 17.9 Å². The number of amides is 1. The van der Waals surface area contributed by atoms with Crippen LogP contribution in [0.4, 0.5) is 11.4 Å². The zero-order valence-corrected chi connectivity index (χ0v) is 18.1. The Labute approximate surface area is 177 Å². The van der Waals surface area contributed by atoms with E-state index in [1.54, 1.807) is 56.5 Å². The van der Waals surface area contributed by atoms with Crippen molar-refractivity contribution in [1.82, 2.24) is 0 Å². The van der Waals surface area contributed by atoms with Gasteiger partial charge >= 0.3 is 0 Å². The highest BCUT2D eigenvalue weighted by molar-refractivity contribution is 7.92. The van der Waals surface area contributed by atoms with Crippen molar-refractivity contribution in [3.8, 4) is 5.75 Å². The quantitative estimate of drug-likeness (QED) is 0.602. The zero-order valence-electron chi connectivity index (χ0n) is 17.3. The van der Waals surface area contributed by atoms with E-state index in [1.165, 1.54) is 6.07 Å². The van der Waals surface area contributed by atoms with E-state index in [0.717, 1.165) is 11.1 Å². The van der Waals surface area contributed by atoms with Gasteiger partial charge in [-0.2, -0.15) is 0 Å². The van der Waals surface area contributed by atoms with Crippen molar-refractivity contribution in [1.29, 1.82) is 0 Å². The number of benzene rings is 3. The molecule has 0 saturated heterocycles. The summed E-state index contributed by atoms with van der Waals surface area (Å²) >= 11 is 0. The average Bonchev–Trinajstić information content (AvgIpc) is 2.71. The number of methoxy groups -OCH3 is 1. The summed E-state index contributed by atoms with van der Waals surface area (Å²) in [6.07, 6.45) is 0. The Morgan fingerprint density at radius 3 is 2.07 bits per heavy atom. The topological polar surface area (TPSA) is 84.5 Å². The maximum atomic E-state index is 12.9. The number of hydrogen-bond acceptors (Lipinski definition) is 4. The first-order valence-electron chi connectivity index (χ1n) is 9.36. The molecule has 0 saturated carbocycles. The van der Waals surface area contributed by atoms with Gasteiger partial charge in [-0.3, -0.25) is 9.52 Å². The molecule has 30 heavy (non-hydrogen) atoms. The molecule has 0 heterocycles. The minimum atomic E-state index is -3.84. The number of carbonyl (C=O) groups is 1. The van der Waals surface area contributed by atoms with Crippen LogP contribution in [0.1, 0.15) is 27.0 Å². The van der Waals surface area contributed by atoms with E-state index in [9.17, 15) is 13.2 Å². The monoisotopic (exact) mass is 424 g/mol. The summed E-state index contributed by atoms with van der Waals surface area (Å²) in [6, 6.07) is 16.8. The number of rotatable bonds is 6. The standard InChI is InChI=1S/C23H24N2O4S/c1-15-5-7-18(13-17(15)3)23(26)24-20-8-6-16(2)22(14-20)30(27,28)25-19-9-11-21(29-4)12-10-19/h5-14,25H,1-4H3,(H,24,26). The van der Waals surface area contributed by atoms with Gasteiger partial charge in [0.15, 0.2) is 0 Å². The second-order valence-corrected chi connectivity index (χ2v) is 8.72. The first-order chi connectivity index (χ1) is 14.2. The molecule has 3 aromatic rings. The second kappa shape index (κ2) is 8.59. The van der Waals surface area contributed by atoms with Crippen LogP contribution >= 0.6 is 0 Å². The lowest BCUT2D eigenvalue weighted by molar-refractivity contribution is 0.102. The molecular formula is C23H24N2O4S. The van der Waals surface area contributed by atoms with Gasteiger partial charge in [-0.15, -0.1) is 0 Å². The second-order valence-electron chi connectivity index (χ2n) is 7.07. The van der Waals surface area contributed by atoms with Gasteiger partial charge < -0.3 is 10.1 Å². The fourth-order valence-electron chi connectivity index (χ4n) is 2.92. The first kappa shape index (κ1) is 21.4. The molecule has 0 fully saturated rings. The molecule has 6 nitrogen and oxygen atoms in total. The van der Waals surface area contributed by atoms with Gasteiger partial charge in [0.1, 0.15) is 5.75 Å². The molecule has 0 aliphatic carbocycles. The van der Waals surface area contributed by atoms with Gasteiger partial charge in [0.05, 0.1) is 12.0 Å². The Kier molecular flexibility index (Phi) is 6.12. The fraction of sp³-hybridized carbons (Fsp3) is 0.174. The molecule has 3 aromatic carbocycles. The van der Waals surface area contributed by atoms with Crippen molar-refractivity contribution in [2.45, 2.75) is 25.7 Å². The molecule has 0 aliphatic heterocycles. The summed E-state index contributed by atoms with van der Waals surface area (Å²) in [7, 11) is -2.30. The summed E-state index contributed by atoms with van der Waals surface area (Å²) in [5.74, 6) is 0.332. The van der Waals surface area contributed by atoms with Crippen LogP contribution in [0.15, 0.2) is 65.6 Å². The van der Waals surface area contributed by atoms with Crippen molar-refractivity contribution in [3.63, 3.8) is 0 Å². The molecule has 0 bridgehead atoms. The van der Waals surface area contributed by atoms with Gasteiger partial charge in [-0.25, -0.2) is 8.42 Å². The number of aryl methyl sites for hydroxylation is 3. The van der Waals surface area contributed by atoms with E-state index in [1.807, 2.05) is 26.0 Å². The van der Waals surface area contributed by atoms with Crippen LogP contribution in [0, 0.1) is 20.8 Å². The summed E-state index contributed by atoms with van der Waals surface area (Å²) in [6.45, 7) is 5.62. The van der Waals surface area contributed by atoms with Gasteiger partial charge in [-0.05, 0) is 86.0 Å². The summed E-state index contributed by atoms with van der Waals surface area (Å²) < 4.78 is 33.5. The molecule has 3 rings (SSSR count). The summed E-state index contributed by atoms with van der Waals surface area (Å²) in [4.78, 5) is 12.7. The summed E-state index contributed by atoms with van der Waals surface area (Å²) in [5, 5.41) is 2.78. The zero-order chi connectivity index (χ0) is 21.9. The van der Waals surface area contributed by atoms with E-state index >= 15 is 0 Å². The predicted molar refractivity (Wildman–Crippen MR) is 119 cm³/mol. The van der Waals surface area contributed by atoms with Gasteiger partial charge in [0, 0.05) is 16.9 Å². The maximum absolute atomic E-state index is 12.9. The van der Waals surface area contributed by atoms with Crippen LogP contribution in [0.5, 0.6) is 5.75 Å². The highest BCUT2D eigenvalue weighted by atomic mass is 32.2. The maximum Gasteiger partial charge on any atom is 0.262 e. The molecule has 2 N–H and O–H groups in total. The first-order valence-corrected chi connectivity index (χ1v) is 10.8. The van der Waals surface area contributed by atoms with Crippen molar-refractivity contribution in [2.24, 2.45) is 0 Å². The molecule has 0 aliphatic rings. The van der Waals surface area contributed by atoms with Crippen LogP contribution < -0.4 is 14.8 Å². The van der Waals surface area contributed by atoms with Crippen molar-refractivity contribution in [2.75, 3.05) is 17.1 Å². The van der Waals surface area contributed by atoms with Crippen LogP contribution in [-0.4, -0.2) is 21.4 Å². The SMILES string of the molecule is COc1ccc(NS(=O)(=O)c2cc(NC(=O)c3ccc(C)c(C)c3)ccc2C)cc1. The number of nitrogens with one attached hydrogen (secondary N) is 2. The fourth-order valence-corrected chi connectivity index (χ4v) is 4.25. The van der Waals surface area contributed by atoms with Crippen LogP contribution in [0.3, 0.4) is 0 Å². The number of anilines is 2. The van der Waals surface area contributed by atoms with Gasteiger partial charge in [0.2, 0.25) is 0 Å². The third-order valence-electron chi connectivity index (χ3n) is 4.85. The molecule has 0 aromatic heterocycles. The van der Waals surface area contributed by atoms with Crippen molar-refractivity contribution >= 4 is 27.3 Å². The minimum absolute atomic E-state index is 0.0937. The molecule has 0 atom stereocenters. The lowest BCUT2D eigenvalue weighted by atomic mass is 10.1. The lowest BCUT2D eigenvalue weighted by Crippen LogP contribution is -2.16. The van der Waals surface area contributed by atoms with E-state index in [4.69, 9.17) is 4.74 Å². The van der Waals surface area contributed by atoms with Crippen LogP contribution in [-0.2, 0) is 10.0 Å². The number of hydrogen-bond donors (Lipinski definition) is 2. The highest BCUT2D eigenvalue weighted by Gasteiger charge is 2.18. The molecular weight excluding hydrogens is 400 g/mol. The Bertz CT molecular complexity index is 1190. The molecule has 0 radical (unpaired) electrons. The van der Waals surface area contributed by atoms with E-state index < -0.39 is 10.0 Å². The van der Waals surface area contributed by atoms with E-state index in [-0.39, 0.29) is 10.8 Å². The normalized spacial score (nSPS) is 11.1. The molecule has 156 valence electrons. The predicted octanol–water partition coefficient (Wildman–Crippen LogP) is 4.67. The molecule has 7 heteroatoms. The van der Waals surface area contributed by atoms with Crippen LogP contribution in [0.2, 0.25) is 0 Å². The Morgan fingerprint density at radius 1 is 0.800 bits per heavy atom. The third-order valence-corrected chi connectivity index (χ3v) is 6.37. The Morgan fingerprint density at radius 2 is 1.43 bits per heavy atom. The molecule has 0 unspecified atom stereocenters. The Hall–Kier alpha value is -3.32. The third kappa shape index (κ3) is 4.80. The number of ether oxygens (including phenoxy) is 1. The highest BCUT2D eigenvalue weighted by Crippen LogP contribution is 2.24. The minimum Gasteiger partial charge on any atom is -0.497 e. The number of carbonyl (C=O) groups excluding carboxylic acids is 1. The lowest BCUT2D eigenvalue weighted by Gasteiger charge is -2.13. The van der Waals surface area contributed by atoms with Crippen LogP contribution in [0.25, 0.3) is 0 Å². The largest absolute Gasteiger partial charge is 0.497 e. The summed E-state index contributed by atoms with van der Waals surface area (Å²) in [5.41, 5.74) is 4.01. The van der Waals surface area contributed by atoms with Gasteiger partial charge in [-0.1, -0.05) is 12.1 Å². The number of sulfonamides is 1. The average molecular weight is 425 g/mol. The van der Waals surface area contributed by atoms with E-state index in [2.05, 4.69) is 10.0 Å². The molecule has 0 spiro atoms. The smallest absolute Gasteiger partial charge is 0.262 e.